The lowest BCUT2D eigenvalue weighted by Gasteiger charge is -1.84. The monoisotopic (exact) mass is 236 g/mol. The highest BCUT2D eigenvalue weighted by Crippen LogP contribution is 1.85. The van der Waals surface area contributed by atoms with Gasteiger partial charge in [-0.3, -0.25) is 5.41 Å². The van der Waals surface area contributed by atoms with Crippen molar-refractivity contribution in [2.24, 2.45) is 0 Å². The molecule has 0 aliphatic carbocycles. The van der Waals surface area contributed by atoms with Crippen LogP contribution in [0.1, 0.15) is 6.92 Å². The van der Waals surface area contributed by atoms with Crippen molar-refractivity contribution in [1.29, 1.82) is 5.41 Å². The van der Waals surface area contributed by atoms with Gasteiger partial charge in [-0.2, -0.15) is 0 Å². The van der Waals surface area contributed by atoms with Crippen molar-refractivity contribution in [1.82, 2.24) is 5.32 Å². The molecule has 0 atom stereocenters. The summed E-state index contributed by atoms with van der Waals surface area (Å²) < 4.78 is 0.518. The van der Waals surface area contributed by atoms with Gasteiger partial charge in [-0.15, -0.1) is 0 Å². The van der Waals surface area contributed by atoms with Crippen molar-refractivity contribution in [3.63, 3.8) is 0 Å². The Balaban J connectivity index is 3.36. The molecule has 3 heteroatoms. The van der Waals surface area contributed by atoms with E-state index in [1.54, 1.807) is 18.5 Å². The molecule has 9 heavy (non-hydrogen) atoms. The number of hydrogen-bond acceptors (Lipinski definition) is 2. The zero-order chi connectivity index (χ0) is 7.11. The lowest BCUT2D eigenvalue weighted by molar-refractivity contribution is 1.19. The maximum absolute atomic E-state index is 6.97. The van der Waals surface area contributed by atoms with Crippen LogP contribution >= 0.6 is 22.6 Å². The molecule has 2 nitrogen and oxygen atoms in total. The van der Waals surface area contributed by atoms with Gasteiger partial charge in [0.25, 0.3) is 0 Å². The van der Waals surface area contributed by atoms with E-state index in [1.807, 2.05) is 35.6 Å². The molecule has 0 aromatic heterocycles. The van der Waals surface area contributed by atoms with E-state index in [9.17, 15) is 0 Å². The van der Waals surface area contributed by atoms with E-state index in [0.29, 0.717) is 3.72 Å². The van der Waals surface area contributed by atoms with Crippen LogP contribution in [0.3, 0.4) is 0 Å². The van der Waals surface area contributed by atoms with E-state index < -0.39 is 0 Å². The molecule has 0 amide bonds. The Labute approximate surface area is 68.7 Å². The van der Waals surface area contributed by atoms with Gasteiger partial charge in [0, 0.05) is 6.20 Å². The molecule has 0 aromatic carbocycles. The van der Waals surface area contributed by atoms with Gasteiger partial charge in [0.15, 0.2) is 0 Å². The number of hydrogen-bond donors (Lipinski definition) is 2. The fourth-order valence-electron chi connectivity index (χ4n) is 0.273. The van der Waals surface area contributed by atoms with Crippen molar-refractivity contribution in [2.45, 2.75) is 6.92 Å². The molecule has 0 rings (SSSR count). The van der Waals surface area contributed by atoms with Gasteiger partial charge in [-0.25, -0.2) is 0 Å². The Morgan fingerprint density at radius 3 is 2.67 bits per heavy atom. The largest absolute Gasteiger partial charge is 0.368 e. The molecule has 0 unspecified atom stereocenters. The molecule has 2 N–H and O–H groups in total. The third-order valence-corrected chi connectivity index (χ3v) is 0.948. The number of nitrogens with one attached hydrogen (secondary N) is 2. The van der Waals surface area contributed by atoms with Gasteiger partial charge in [0.05, 0.1) is 3.72 Å². The second-order valence-corrected chi connectivity index (χ2v) is 2.51. The summed E-state index contributed by atoms with van der Waals surface area (Å²) in [4.78, 5) is 0. The van der Waals surface area contributed by atoms with Crippen LogP contribution in [0.4, 0.5) is 0 Å². The predicted molar refractivity (Wildman–Crippen MR) is 48.8 cm³/mol. The van der Waals surface area contributed by atoms with Gasteiger partial charge in [0.1, 0.15) is 0 Å². The Morgan fingerprint density at radius 1 is 1.56 bits per heavy atom. The van der Waals surface area contributed by atoms with E-state index in [0.717, 1.165) is 0 Å². The summed E-state index contributed by atoms with van der Waals surface area (Å²) in [5.74, 6) is 0. The number of rotatable bonds is 3. The molecular weight excluding hydrogens is 227 g/mol. The van der Waals surface area contributed by atoms with Crippen molar-refractivity contribution >= 4 is 26.3 Å². The van der Waals surface area contributed by atoms with E-state index in [2.05, 4.69) is 5.32 Å². The standard InChI is InChI=1S/C6H9IN2/c1-2-4-9-5-3-6(7)8/h2-5,8-9H,1H3/b4-2-,5-3?,8-6?. The average molecular weight is 236 g/mol. The highest BCUT2D eigenvalue weighted by Gasteiger charge is 1.73. The molecule has 0 saturated heterocycles. The van der Waals surface area contributed by atoms with E-state index in [-0.39, 0.29) is 0 Å². The quantitative estimate of drug-likeness (QED) is 0.570. The van der Waals surface area contributed by atoms with Crippen molar-refractivity contribution < 1.29 is 0 Å². The predicted octanol–water partition coefficient (Wildman–Crippen LogP) is 2.04. The summed E-state index contributed by atoms with van der Waals surface area (Å²) in [6.45, 7) is 1.93. The minimum Gasteiger partial charge on any atom is -0.368 e. The van der Waals surface area contributed by atoms with Crippen LogP contribution in [0.5, 0.6) is 0 Å². The van der Waals surface area contributed by atoms with Crippen LogP contribution in [0.15, 0.2) is 24.6 Å². The Kier molecular flexibility index (Phi) is 5.60. The van der Waals surface area contributed by atoms with Gasteiger partial charge < -0.3 is 5.32 Å². The van der Waals surface area contributed by atoms with Crippen LogP contribution in [0.2, 0.25) is 0 Å². The summed E-state index contributed by atoms with van der Waals surface area (Å²) in [5.41, 5.74) is 0. The molecule has 0 aliphatic rings. The molecule has 0 radical (unpaired) electrons. The second-order valence-electron chi connectivity index (χ2n) is 1.35. The fourth-order valence-corrected chi connectivity index (χ4v) is 0.453. The lowest BCUT2D eigenvalue weighted by Crippen LogP contribution is -1.91. The lowest BCUT2D eigenvalue weighted by atomic mass is 10.6. The Bertz CT molecular complexity index is 138. The van der Waals surface area contributed by atoms with Gasteiger partial charge in [-0.1, -0.05) is 6.08 Å². The fraction of sp³-hybridized carbons (Fsp3) is 0.167. The Morgan fingerprint density at radius 2 is 2.22 bits per heavy atom. The first kappa shape index (κ1) is 8.68. The summed E-state index contributed by atoms with van der Waals surface area (Å²) in [6.07, 6.45) is 7.09. The molecular formula is C6H9IN2. The summed E-state index contributed by atoms with van der Waals surface area (Å²) in [5, 5.41) is 9.83. The zero-order valence-electron chi connectivity index (χ0n) is 5.19. The molecule has 0 aliphatic heterocycles. The summed E-state index contributed by atoms with van der Waals surface area (Å²) >= 11 is 1.93. The van der Waals surface area contributed by atoms with Crippen LogP contribution < -0.4 is 5.32 Å². The zero-order valence-corrected chi connectivity index (χ0v) is 7.34. The topological polar surface area (TPSA) is 35.9 Å². The maximum Gasteiger partial charge on any atom is 0.0934 e. The van der Waals surface area contributed by atoms with Crippen molar-refractivity contribution in [2.75, 3.05) is 0 Å². The Hall–Kier alpha value is -0.320. The first-order valence-corrected chi connectivity index (χ1v) is 3.63. The molecule has 0 fully saturated rings. The van der Waals surface area contributed by atoms with Gasteiger partial charge in [-0.05, 0) is 41.8 Å². The molecule has 0 heterocycles. The first-order chi connectivity index (χ1) is 4.27. The van der Waals surface area contributed by atoms with Gasteiger partial charge in [0.2, 0.25) is 0 Å². The second kappa shape index (κ2) is 5.81. The molecule has 0 saturated carbocycles. The number of allylic oxidation sites excluding steroid dienone is 2. The molecule has 0 bridgehead atoms. The minimum atomic E-state index is 0.518. The van der Waals surface area contributed by atoms with Crippen LogP contribution in [-0.2, 0) is 0 Å². The van der Waals surface area contributed by atoms with Crippen molar-refractivity contribution in [3.05, 3.63) is 24.6 Å². The summed E-state index contributed by atoms with van der Waals surface area (Å²) in [6, 6.07) is 0. The normalized spacial score (nSPS) is 10.9. The van der Waals surface area contributed by atoms with Crippen LogP contribution in [0, 0.1) is 5.41 Å². The maximum atomic E-state index is 6.97. The average Bonchev–Trinajstić information content (AvgIpc) is 1.80. The smallest absolute Gasteiger partial charge is 0.0934 e. The molecule has 0 spiro atoms. The number of halogens is 1. The van der Waals surface area contributed by atoms with E-state index in [4.69, 9.17) is 5.41 Å². The minimum absolute atomic E-state index is 0.518. The highest BCUT2D eigenvalue weighted by molar-refractivity contribution is 14.1. The third-order valence-electron chi connectivity index (χ3n) is 0.589. The van der Waals surface area contributed by atoms with E-state index in [1.165, 1.54) is 0 Å². The van der Waals surface area contributed by atoms with E-state index >= 15 is 0 Å². The summed E-state index contributed by atoms with van der Waals surface area (Å²) in [7, 11) is 0. The molecule has 50 valence electrons. The van der Waals surface area contributed by atoms with Gasteiger partial charge >= 0.3 is 0 Å². The SMILES string of the molecule is C/C=C\NC=CC(=N)I. The van der Waals surface area contributed by atoms with Crippen LogP contribution in [-0.4, -0.2) is 3.72 Å². The third kappa shape index (κ3) is 7.68. The highest BCUT2D eigenvalue weighted by atomic mass is 127. The van der Waals surface area contributed by atoms with Crippen molar-refractivity contribution in [3.8, 4) is 0 Å². The molecule has 0 aromatic rings. The first-order valence-electron chi connectivity index (χ1n) is 2.55. The van der Waals surface area contributed by atoms with Crippen LogP contribution in [0.25, 0.3) is 0 Å².